The lowest BCUT2D eigenvalue weighted by Gasteiger charge is -2.17. The Labute approximate surface area is 175 Å². The predicted octanol–water partition coefficient (Wildman–Crippen LogP) is 3.53. The standard InChI is InChI=1S/C20H18ClFN4O2S/c1-11-5-6-12-16(7-11)29-19-18(12)20(28)26(10-23-19)9-17(27)25-24-8-13-14(21)3-2-4-15(13)22/h2-4,8,10-11H,5-7,9H2,1H3,(H,25,27)/b24-8-/t11-/m1/s1. The van der Waals surface area contributed by atoms with Crippen molar-refractivity contribution in [1.29, 1.82) is 0 Å². The largest absolute Gasteiger partial charge is 0.289 e. The minimum absolute atomic E-state index is 0.0776. The number of thiophene rings is 1. The van der Waals surface area contributed by atoms with Gasteiger partial charge in [0.2, 0.25) is 0 Å². The summed E-state index contributed by atoms with van der Waals surface area (Å²) in [5, 5.41) is 4.54. The topological polar surface area (TPSA) is 76.3 Å². The average Bonchev–Trinajstić information content (AvgIpc) is 3.04. The lowest BCUT2D eigenvalue weighted by molar-refractivity contribution is -0.121. The third-order valence-corrected chi connectivity index (χ3v) is 6.47. The van der Waals surface area contributed by atoms with Crippen molar-refractivity contribution >= 4 is 45.3 Å². The Balaban J connectivity index is 1.52. The molecule has 1 atom stereocenters. The number of carbonyl (C=O) groups is 1. The van der Waals surface area contributed by atoms with Gasteiger partial charge in [0.05, 0.1) is 23.0 Å². The maximum Gasteiger partial charge on any atom is 0.262 e. The van der Waals surface area contributed by atoms with Crippen molar-refractivity contribution in [1.82, 2.24) is 15.0 Å². The Morgan fingerprint density at radius 2 is 2.34 bits per heavy atom. The Bertz CT molecular complexity index is 1170. The molecular weight excluding hydrogens is 415 g/mol. The van der Waals surface area contributed by atoms with Crippen molar-refractivity contribution in [2.45, 2.75) is 32.7 Å². The number of amides is 1. The van der Waals surface area contributed by atoms with Gasteiger partial charge in [-0.3, -0.25) is 14.2 Å². The van der Waals surface area contributed by atoms with Gasteiger partial charge in [-0.25, -0.2) is 14.8 Å². The summed E-state index contributed by atoms with van der Waals surface area (Å²) in [4.78, 5) is 31.4. The first-order valence-corrected chi connectivity index (χ1v) is 10.4. The third-order valence-electron chi connectivity index (χ3n) is 4.98. The Morgan fingerprint density at radius 1 is 1.52 bits per heavy atom. The SMILES string of the molecule is C[C@@H]1CCc2c(sc3ncn(CC(=O)N/N=C\c4c(F)cccc4Cl)c(=O)c23)C1. The first-order valence-electron chi connectivity index (χ1n) is 9.19. The van der Waals surface area contributed by atoms with Crippen molar-refractivity contribution in [3.8, 4) is 0 Å². The highest BCUT2D eigenvalue weighted by molar-refractivity contribution is 7.18. The number of hydrogen-bond donors (Lipinski definition) is 1. The van der Waals surface area contributed by atoms with E-state index in [2.05, 4.69) is 22.4 Å². The van der Waals surface area contributed by atoms with E-state index in [0.29, 0.717) is 11.3 Å². The highest BCUT2D eigenvalue weighted by atomic mass is 35.5. The van der Waals surface area contributed by atoms with Crippen molar-refractivity contribution in [2.75, 3.05) is 0 Å². The van der Waals surface area contributed by atoms with Crippen LogP contribution in [-0.2, 0) is 24.2 Å². The van der Waals surface area contributed by atoms with Crippen molar-refractivity contribution in [2.24, 2.45) is 11.0 Å². The molecule has 3 aromatic rings. The molecule has 4 rings (SSSR count). The molecule has 29 heavy (non-hydrogen) atoms. The second kappa shape index (κ2) is 8.04. The monoisotopic (exact) mass is 432 g/mol. The van der Waals surface area contributed by atoms with Crippen LogP contribution in [0, 0.1) is 11.7 Å². The molecule has 1 aliphatic rings. The Kier molecular flexibility index (Phi) is 5.47. The summed E-state index contributed by atoms with van der Waals surface area (Å²) in [5.41, 5.74) is 3.22. The van der Waals surface area contributed by atoms with Crippen LogP contribution in [0.2, 0.25) is 5.02 Å². The molecule has 0 unspecified atom stereocenters. The summed E-state index contributed by atoms with van der Waals surface area (Å²) >= 11 is 7.47. The normalized spacial score (nSPS) is 16.3. The summed E-state index contributed by atoms with van der Waals surface area (Å²) in [6, 6.07) is 4.25. The minimum atomic E-state index is -0.544. The molecule has 6 nitrogen and oxygen atoms in total. The van der Waals surface area contributed by atoms with Gasteiger partial charge in [0.25, 0.3) is 11.5 Å². The molecule has 0 spiro atoms. The highest BCUT2D eigenvalue weighted by Gasteiger charge is 2.23. The van der Waals surface area contributed by atoms with Gasteiger partial charge in [-0.1, -0.05) is 24.6 Å². The molecule has 1 N–H and O–H groups in total. The molecule has 2 aromatic heterocycles. The second-order valence-corrected chi connectivity index (χ2v) is 8.63. The Morgan fingerprint density at radius 3 is 3.14 bits per heavy atom. The van der Waals surface area contributed by atoms with Gasteiger partial charge in [-0.15, -0.1) is 11.3 Å². The fourth-order valence-electron chi connectivity index (χ4n) is 3.47. The van der Waals surface area contributed by atoms with E-state index in [1.54, 1.807) is 11.3 Å². The lowest BCUT2D eigenvalue weighted by atomic mass is 9.89. The van der Waals surface area contributed by atoms with Crippen LogP contribution in [0.1, 0.15) is 29.3 Å². The number of hydrogen-bond acceptors (Lipinski definition) is 5. The molecule has 150 valence electrons. The van der Waals surface area contributed by atoms with Gasteiger partial charge in [0.15, 0.2) is 0 Å². The number of carbonyl (C=O) groups excluding carboxylic acids is 1. The summed E-state index contributed by atoms with van der Waals surface area (Å²) in [5.74, 6) is -0.461. The molecule has 0 aliphatic heterocycles. The summed E-state index contributed by atoms with van der Waals surface area (Å²) < 4.78 is 15.0. The molecule has 9 heteroatoms. The quantitative estimate of drug-likeness (QED) is 0.506. The van der Waals surface area contributed by atoms with Gasteiger partial charge in [0, 0.05) is 10.4 Å². The van der Waals surface area contributed by atoms with E-state index in [4.69, 9.17) is 11.6 Å². The van der Waals surface area contributed by atoms with Crippen LogP contribution in [0.25, 0.3) is 10.2 Å². The van der Waals surface area contributed by atoms with E-state index in [1.807, 2.05) is 0 Å². The molecule has 1 aliphatic carbocycles. The van der Waals surface area contributed by atoms with Crippen molar-refractivity contribution in [3.05, 3.63) is 61.7 Å². The van der Waals surface area contributed by atoms with Crippen LogP contribution in [0.4, 0.5) is 4.39 Å². The molecule has 2 heterocycles. The summed E-state index contributed by atoms with van der Waals surface area (Å²) in [6.07, 6.45) is 5.38. The smallest absolute Gasteiger partial charge is 0.262 e. The van der Waals surface area contributed by atoms with Crippen LogP contribution < -0.4 is 11.0 Å². The number of rotatable bonds is 4. The van der Waals surface area contributed by atoms with E-state index in [1.165, 1.54) is 34.0 Å². The lowest BCUT2D eigenvalue weighted by Crippen LogP contribution is -2.30. The van der Waals surface area contributed by atoms with Crippen LogP contribution in [0.3, 0.4) is 0 Å². The third kappa shape index (κ3) is 3.95. The number of nitrogens with zero attached hydrogens (tertiary/aromatic N) is 3. The molecule has 1 aromatic carbocycles. The number of aromatic nitrogens is 2. The van der Waals surface area contributed by atoms with Gasteiger partial charge in [0.1, 0.15) is 17.2 Å². The van der Waals surface area contributed by atoms with Crippen LogP contribution in [0.5, 0.6) is 0 Å². The van der Waals surface area contributed by atoms with Crippen LogP contribution in [0.15, 0.2) is 34.4 Å². The number of benzene rings is 1. The van der Waals surface area contributed by atoms with E-state index < -0.39 is 11.7 Å². The minimum Gasteiger partial charge on any atom is -0.289 e. The molecule has 0 fully saturated rings. The first-order chi connectivity index (χ1) is 13.9. The van der Waals surface area contributed by atoms with Gasteiger partial charge in [-0.2, -0.15) is 5.10 Å². The maximum absolute atomic E-state index is 13.7. The van der Waals surface area contributed by atoms with E-state index in [0.717, 1.165) is 35.9 Å². The zero-order valence-corrected chi connectivity index (χ0v) is 17.2. The highest BCUT2D eigenvalue weighted by Crippen LogP contribution is 2.35. The number of nitrogens with one attached hydrogen (secondary N) is 1. The molecule has 0 saturated carbocycles. The predicted molar refractivity (Wildman–Crippen MR) is 112 cm³/mol. The summed E-state index contributed by atoms with van der Waals surface area (Å²) in [7, 11) is 0. The zero-order chi connectivity index (χ0) is 20.5. The zero-order valence-electron chi connectivity index (χ0n) is 15.6. The second-order valence-electron chi connectivity index (χ2n) is 7.14. The molecule has 1 amide bonds. The number of fused-ring (bicyclic) bond motifs is 3. The molecule has 0 bridgehead atoms. The van der Waals surface area contributed by atoms with E-state index in [-0.39, 0.29) is 22.7 Å². The molecule has 0 saturated heterocycles. The van der Waals surface area contributed by atoms with Gasteiger partial charge < -0.3 is 0 Å². The molecule has 0 radical (unpaired) electrons. The number of halogens is 2. The first kappa shape index (κ1) is 19.7. The van der Waals surface area contributed by atoms with E-state index in [9.17, 15) is 14.0 Å². The van der Waals surface area contributed by atoms with Crippen LogP contribution >= 0.6 is 22.9 Å². The Hall–Kier alpha value is -2.58. The fourth-order valence-corrected chi connectivity index (χ4v) is 5.02. The summed E-state index contributed by atoms with van der Waals surface area (Å²) in [6.45, 7) is 1.98. The number of aryl methyl sites for hydroxylation is 1. The van der Waals surface area contributed by atoms with Crippen molar-refractivity contribution < 1.29 is 9.18 Å². The van der Waals surface area contributed by atoms with Crippen molar-refractivity contribution in [3.63, 3.8) is 0 Å². The fraction of sp³-hybridized carbons (Fsp3) is 0.300. The maximum atomic E-state index is 13.7. The number of hydrazone groups is 1. The van der Waals surface area contributed by atoms with E-state index >= 15 is 0 Å². The van der Waals surface area contributed by atoms with Gasteiger partial charge in [-0.05, 0) is 42.9 Å². The van der Waals surface area contributed by atoms with Crippen LogP contribution in [-0.4, -0.2) is 21.7 Å². The average molecular weight is 433 g/mol. The van der Waals surface area contributed by atoms with Gasteiger partial charge >= 0.3 is 0 Å². The molecular formula is C20H18ClFN4O2S.